The Labute approximate surface area is 135 Å². The first-order valence-corrected chi connectivity index (χ1v) is 8.39. The molecule has 1 unspecified atom stereocenters. The SMILES string of the molecule is Cc1ccc(C2(C)Cc3cc(C)ccc3C(C)(C)C2)c(C)c1. The average molecular weight is 292 g/mol. The second kappa shape index (κ2) is 4.98. The van der Waals surface area contributed by atoms with Crippen molar-refractivity contribution in [1.29, 1.82) is 0 Å². The first-order chi connectivity index (χ1) is 10.2. The van der Waals surface area contributed by atoms with Crippen molar-refractivity contribution in [3.05, 3.63) is 69.8 Å². The molecule has 2 aromatic rings. The number of rotatable bonds is 1. The third-order valence-corrected chi connectivity index (χ3v) is 5.43. The zero-order valence-electron chi connectivity index (χ0n) is 14.9. The molecule has 1 aliphatic rings. The van der Waals surface area contributed by atoms with Crippen molar-refractivity contribution in [3.8, 4) is 0 Å². The molecule has 22 heavy (non-hydrogen) atoms. The summed E-state index contributed by atoms with van der Waals surface area (Å²) in [6.07, 6.45) is 2.36. The van der Waals surface area contributed by atoms with Gasteiger partial charge in [0.25, 0.3) is 0 Å². The number of aryl methyl sites for hydroxylation is 3. The molecule has 0 bridgehead atoms. The molecular weight excluding hydrogens is 264 g/mol. The molecule has 0 spiro atoms. The first-order valence-electron chi connectivity index (χ1n) is 8.39. The van der Waals surface area contributed by atoms with Gasteiger partial charge in [0.15, 0.2) is 0 Å². The fourth-order valence-electron chi connectivity index (χ4n) is 4.76. The van der Waals surface area contributed by atoms with Crippen LogP contribution in [0.2, 0.25) is 0 Å². The van der Waals surface area contributed by atoms with Gasteiger partial charge in [-0.3, -0.25) is 0 Å². The maximum Gasteiger partial charge on any atom is -0.00239 e. The molecule has 1 atom stereocenters. The quantitative estimate of drug-likeness (QED) is 0.623. The molecule has 0 nitrogen and oxygen atoms in total. The van der Waals surface area contributed by atoms with E-state index in [2.05, 4.69) is 77.9 Å². The van der Waals surface area contributed by atoms with E-state index in [0.717, 1.165) is 6.42 Å². The molecule has 0 aromatic heterocycles. The average Bonchev–Trinajstić information content (AvgIpc) is 2.35. The molecule has 0 fully saturated rings. The Balaban J connectivity index is 2.13. The summed E-state index contributed by atoms with van der Waals surface area (Å²) in [4.78, 5) is 0. The van der Waals surface area contributed by atoms with Crippen molar-refractivity contribution in [1.82, 2.24) is 0 Å². The molecule has 0 heteroatoms. The summed E-state index contributed by atoms with van der Waals surface area (Å²) in [5, 5.41) is 0. The Kier molecular flexibility index (Phi) is 3.47. The van der Waals surface area contributed by atoms with Crippen LogP contribution in [0.25, 0.3) is 0 Å². The van der Waals surface area contributed by atoms with Gasteiger partial charge >= 0.3 is 0 Å². The summed E-state index contributed by atoms with van der Waals surface area (Å²) < 4.78 is 0. The lowest BCUT2D eigenvalue weighted by molar-refractivity contribution is 0.295. The Morgan fingerprint density at radius 1 is 0.773 bits per heavy atom. The van der Waals surface area contributed by atoms with Gasteiger partial charge in [-0.05, 0) is 66.7 Å². The van der Waals surface area contributed by atoms with Gasteiger partial charge in [0, 0.05) is 0 Å². The first kappa shape index (κ1) is 15.3. The van der Waals surface area contributed by atoms with Crippen LogP contribution in [0.15, 0.2) is 36.4 Å². The second-order valence-electron chi connectivity index (χ2n) is 8.28. The van der Waals surface area contributed by atoms with Crippen molar-refractivity contribution in [2.24, 2.45) is 0 Å². The molecule has 0 saturated carbocycles. The third-order valence-electron chi connectivity index (χ3n) is 5.43. The molecule has 0 radical (unpaired) electrons. The lowest BCUT2D eigenvalue weighted by Gasteiger charge is -2.45. The molecule has 0 saturated heterocycles. The van der Waals surface area contributed by atoms with Crippen LogP contribution in [0, 0.1) is 20.8 Å². The largest absolute Gasteiger partial charge is 0.0590 e. The van der Waals surface area contributed by atoms with E-state index in [4.69, 9.17) is 0 Å². The minimum atomic E-state index is 0.224. The highest BCUT2D eigenvalue weighted by atomic mass is 14.4. The zero-order valence-corrected chi connectivity index (χ0v) is 14.9. The molecule has 0 heterocycles. The van der Waals surface area contributed by atoms with Crippen LogP contribution < -0.4 is 0 Å². The fourth-order valence-corrected chi connectivity index (χ4v) is 4.76. The smallest absolute Gasteiger partial charge is 0.00239 e. The van der Waals surface area contributed by atoms with E-state index in [1.807, 2.05) is 0 Å². The summed E-state index contributed by atoms with van der Waals surface area (Å²) in [5.74, 6) is 0. The molecule has 0 N–H and O–H groups in total. The summed E-state index contributed by atoms with van der Waals surface area (Å²) in [6.45, 7) is 13.9. The van der Waals surface area contributed by atoms with Crippen molar-refractivity contribution < 1.29 is 0 Å². The fraction of sp³-hybridized carbons (Fsp3) is 0.455. The van der Waals surface area contributed by atoms with Crippen LogP contribution in [0.5, 0.6) is 0 Å². The zero-order chi connectivity index (χ0) is 16.1. The number of fused-ring (bicyclic) bond motifs is 1. The van der Waals surface area contributed by atoms with Crippen molar-refractivity contribution in [2.75, 3.05) is 0 Å². The van der Waals surface area contributed by atoms with Crippen LogP contribution in [0.1, 0.15) is 60.6 Å². The van der Waals surface area contributed by atoms with E-state index >= 15 is 0 Å². The van der Waals surface area contributed by atoms with Crippen molar-refractivity contribution in [2.45, 2.75) is 65.2 Å². The molecule has 0 aliphatic heterocycles. The lowest BCUT2D eigenvalue weighted by Crippen LogP contribution is -2.40. The van der Waals surface area contributed by atoms with Gasteiger partial charge in [-0.2, -0.15) is 0 Å². The summed E-state index contributed by atoms with van der Waals surface area (Å²) >= 11 is 0. The van der Waals surface area contributed by atoms with Crippen LogP contribution in [0.3, 0.4) is 0 Å². The van der Waals surface area contributed by atoms with E-state index in [1.165, 1.54) is 28.7 Å². The predicted octanol–water partition coefficient (Wildman–Crippen LogP) is 5.79. The van der Waals surface area contributed by atoms with E-state index < -0.39 is 0 Å². The third kappa shape index (κ3) is 2.49. The minimum Gasteiger partial charge on any atom is -0.0590 e. The standard InChI is InChI=1S/C22H28/c1-15-7-9-19(17(3)11-15)22(6)13-18-12-16(2)8-10-20(18)21(4,5)14-22/h7-12H,13-14H2,1-6H3. The Bertz CT molecular complexity index is 721. The van der Waals surface area contributed by atoms with E-state index in [9.17, 15) is 0 Å². The van der Waals surface area contributed by atoms with Gasteiger partial charge in [-0.1, -0.05) is 68.3 Å². The highest BCUT2D eigenvalue weighted by molar-refractivity contribution is 5.46. The maximum absolute atomic E-state index is 2.46. The maximum atomic E-state index is 2.46. The summed E-state index contributed by atoms with van der Waals surface area (Å²) in [5.41, 5.74) is 9.23. The highest BCUT2D eigenvalue weighted by Crippen LogP contribution is 2.48. The molecular formula is C22H28. The van der Waals surface area contributed by atoms with Crippen LogP contribution in [0.4, 0.5) is 0 Å². The monoisotopic (exact) mass is 292 g/mol. The molecule has 0 amide bonds. The molecule has 2 aromatic carbocycles. The topological polar surface area (TPSA) is 0 Å². The summed E-state index contributed by atoms with van der Waals surface area (Å²) in [7, 11) is 0. The van der Waals surface area contributed by atoms with Crippen LogP contribution in [-0.4, -0.2) is 0 Å². The molecule has 1 aliphatic carbocycles. The van der Waals surface area contributed by atoms with Gasteiger partial charge in [0.05, 0.1) is 0 Å². The number of benzene rings is 2. The van der Waals surface area contributed by atoms with Gasteiger partial charge in [0.1, 0.15) is 0 Å². The van der Waals surface area contributed by atoms with Crippen molar-refractivity contribution >= 4 is 0 Å². The summed E-state index contributed by atoms with van der Waals surface area (Å²) in [6, 6.07) is 14.0. The molecule has 3 rings (SSSR count). The highest BCUT2D eigenvalue weighted by Gasteiger charge is 2.41. The predicted molar refractivity (Wildman–Crippen MR) is 95.8 cm³/mol. The second-order valence-corrected chi connectivity index (χ2v) is 8.28. The van der Waals surface area contributed by atoms with E-state index in [-0.39, 0.29) is 10.8 Å². The van der Waals surface area contributed by atoms with Gasteiger partial charge in [-0.25, -0.2) is 0 Å². The Morgan fingerprint density at radius 2 is 1.36 bits per heavy atom. The van der Waals surface area contributed by atoms with Gasteiger partial charge < -0.3 is 0 Å². The minimum absolute atomic E-state index is 0.224. The number of hydrogen-bond donors (Lipinski definition) is 0. The lowest BCUT2D eigenvalue weighted by atomic mass is 9.59. The van der Waals surface area contributed by atoms with Crippen LogP contribution >= 0.6 is 0 Å². The molecule has 116 valence electrons. The Hall–Kier alpha value is -1.56. The Morgan fingerprint density at radius 3 is 2.00 bits per heavy atom. The van der Waals surface area contributed by atoms with E-state index in [1.54, 1.807) is 11.1 Å². The number of hydrogen-bond acceptors (Lipinski definition) is 0. The van der Waals surface area contributed by atoms with Crippen molar-refractivity contribution in [3.63, 3.8) is 0 Å². The van der Waals surface area contributed by atoms with Gasteiger partial charge in [0.2, 0.25) is 0 Å². The van der Waals surface area contributed by atoms with Crippen LogP contribution in [-0.2, 0) is 17.3 Å². The van der Waals surface area contributed by atoms with Gasteiger partial charge in [-0.15, -0.1) is 0 Å². The normalized spacial score (nSPS) is 23.2. The van der Waals surface area contributed by atoms with E-state index in [0.29, 0.717) is 0 Å².